The van der Waals surface area contributed by atoms with E-state index < -0.39 is 10.0 Å². The summed E-state index contributed by atoms with van der Waals surface area (Å²) >= 11 is 0. The van der Waals surface area contributed by atoms with Gasteiger partial charge in [-0.15, -0.1) is 0 Å². The number of hydrogen-bond acceptors (Lipinski definition) is 9. The van der Waals surface area contributed by atoms with Crippen LogP contribution in [0.5, 0.6) is 0 Å². The number of nitrogens with one attached hydrogen (secondary N) is 2. The van der Waals surface area contributed by atoms with Gasteiger partial charge in [-0.05, 0) is 55.7 Å². The molecule has 0 saturated heterocycles. The number of rotatable bonds is 8. The molecule has 2 aromatic carbocycles. The van der Waals surface area contributed by atoms with Crippen molar-refractivity contribution in [1.82, 2.24) is 20.4 Å². The van der Waals surface area contributed by atoms with Crippen LogP contribution >= 0.6 is 0 Å². The molecule has 0 spiro atoms. The lowest BCUT2D eigenvalue weighted by Crippen LogP contribution is -2.40. The monoisotopic (exact) mass is 532 g/mol. The van der Waals surface area contributed by atoms with Crippen LogP contribution in [0.25, 0.3) is 22.6 Å². The van der Waals surface area contributed by atoms with Gasteiger partial charge in [-0.25, -0.2) is 18.1 Å². The second-order valence-corrected chi connectivity index (χ2v) is 10.8. The molecule has 2 N–H and O–H groups in total. The highest BCUT2D eigenvalue weighted by atomic mass is 32.2. The summed E-state index contributed by atoms with van der Waals surface area (Å²) in [5.74, 6) is 0.572. The Labute approximate surface area is 221 Å². The van der Waals surface area contributed by atoms with Crippen LogP contribution in [0.15, 0.2) is 85.5 Å². The maximum absolute atomic E-state index is 13.5. The zero-order valence-corrected chi connectivity index (χ0v) is 22.3. The molecule has 0 aliphatic carbocycles. The van der Waals surface area contributed by atoms with E-state index in [0.717, 1.165) is 22.3 Å². The first-order valence-electron chi connectivity index (χ1n) is 12.0. The summed E-state index contributed by atoms with van der Waals surface area (Å²) in [6, 6.07) is 12.5. The molecule has 1 aliphatic rings. The lowest BCUT2D eigenvalue weighted by Gasteiger charge is -2.28. The number of aliphatic imine (C=N–C) groups is 1. The van der Waals surface area contributed by atoms with Crippen molar-refractivity contribution in [3.63, 3.8) is 0 Å². The summed E-state index contributed by atoms with van der Waals surface area (Å²) < 4.78 is 40.3. The quantitative estimate of drug-likeness (QED) is 0.334. The van der Waals surface area contributed by atoms with E-state index in [-0.39, 0.29) is 17.1 Å². The molecule has 4 aromatic rings. The van der Waals surface area contributed by atoms with E-state index in [1.165, 1.54) is 6.26 Å². The van der Waals surface area contributed by atoms with Gasteiger partial charge in [0.25, 0.3) is 10.0 Å². The first kappa shape index (κ1) is 25.4. The second-order valence-electron chi connectivity index (χ2n) is 9.10. The molecule has 0 bridgehead atoms. The van der Waals surface area contributed by atoms with E-state index in [2.05, 4.69) is 25.2 Å². The van der Waals surface area contributed by atoms with Crippen LogP contribution in [0.1, 0.15) is 23.7 Å². The minimum Gasteiger partial charge on any atom is -0.445 e. The van der Waals surface area contributed by atoms with E-state index in [4.69, 9.17) is 8.94 Å². The van der Waals surface area contributed by atoms with Crippen LogP contribution in [0, 0.1) is 13.8 Å². The van der Waals surface area contributed by atoms with Crippen molar-refractivity contribution in [1.29, 1.82) is 0 Å². The van der Waals surface area contributed by atoms with Crippen LogP contribution in [0.4, 0.5) is 5.88 Å². The molecular weight excluding hydrogens is 504 g/mol. The average molecular weight is 533 g/mol. The number of nitrogens with zero attached hydrogens (tertiary/aromatic N) is 4. The third-order valence-corrected chi connectivity index (χ3v) is 7.71. The predicted molar refractivity (Wildman–Crippen MR) is 145 cm³/mol. The van der Waals surface area contributed by atoms with Crippen molar-refractivity contribution in [2.75, 3.05) is 11.8 Å². The molecule has 1 aliphatic heterocycles. The highest BCUT2D eigenvalue weighted by Gasteiger charge is 2.24. The molecule has 10 nitrogen and oxygen atoms in total. The Kier molecular flexibility index (Phi) is 6.87. The van der Waals surface area contributed by atoms with Crippen LogP contribution in [-0.4, -0.2) is 43.0 Å². The lowest BCUT2D eigenvalue weighted by molar-refractivity contribution is 0.279. The van der Waals surface area contributed by atoms with Gasteiger partial charge in [-0.1, -0.05) is 29.4 Å². The topological polar surface area (TPSA) is 126 Å². The number of anilines is 1. The van der Waals surface area contributed by atoms with Crippen molar-refractivity contribution < 1.29 is 17.4 Å². The van der Waals surface area contributed by atoms with Gasteiger partial charge in [-0.2, -0.15) is 0 Å². The van der Waals surface area contributed by atoms with E-state index in [0.29, 0.717) is 29.3 Å². The number of sulfonamides is 1. The molecule has 0 amide bonds. The highest BCUT2D eigenvalue weighted by molar-refractivity contribution is 7.92. The minimum atomic E-state index is -4.00. The molecule has 5 rings (SSSR count). The number of aryl methyl sites for hydroxylation is 1. The van der Waals surface area contributed by atoms with Crippen molar-refractivity contribution in [2.45, 2.75) is 38.5 Å². The maximum atomic E-state index is 13.5. The average Bonchev–Trinajstić information content (AvgIpc) is 3.55. The van der Waals surface area contributed by atoms with Crippen LogP contribution in [0.3, 0.4) is 0 Å². The van der Waals surface area contributed by atoms with Crippen LogP contribution in [0.2, 0.25) is 0 Å². The SMILES string of the molecule is CC1=CN(C)C(NCc2cc(-c3ncco3)ccc2-c2ccccc2S(=O)(=O)Nc2onc(C)c2C)N=C1. The lowest BCUT2D eigenvalue weighted by atomic mass is 9.97. The van der Waals surface area contributed by atoms with Gasteiger partial charge >= 0.3 is 0 Å². The van der Waals surface area contributed by atoms with Gasteiger partial charge in [-0.3, -0.25) is 10.3 Å². The van der Waals surface area contributed by atoms with E-state index >= 15 is 0 Å². The Bertz CT molecular complexity index is 1620. The highest BCUT2D eigenvalue weighted by Crippen LogP contribution is 2.34. The number of oxazole rings is 1. The Morgan fingerprint density at radius 2 is 1.89 bits per heavy atom. The molecule has 0 fully saturated rings. The number of hydrogen-bond donors (Lipinski definition) is 2. The molecule has 196 valence electrons. The van der Waals surface area contributed by atoms with Gasteiger partial charge < -0.3 is 13.8 Å². The Morgan fingerprint density at radius 3 is 2.61 bits per heavy atom. The standard InChI is InChI=1S/C27H28N6O4S/c1-17-14-29-27(33(4)16-17)30-15-21-13-20(26-28-11-12-36-26)9-10-22(21)23-7-5-6-8-24(23)38(34,35)32-25-18(2)19(3)31-37-25/h5-14,16,27,30,32H,15H2,1-4H3. The van der Waals surface area contributed by atoms with E-state index in [9.17, 15) is 8.42 Å². The van der Waals surface area contributed by atoms with Crippen molar-refractivity contribution in [3.05, 3.63) is 83.5 Å². The largest absolute Gasteiger partial charge is 0.445 e. The van der Waals surface area contributed by atoms with Crippen molar-refractivity contribution in [2.24, 2.45) is 4.99 Å². The zero-order valence-electron chi connectivity index (χ0n) is 21.5. The summed E-state index contributed by atoms with van der Waals surface area (Å²) in [7, 11) is -2.05. The van der Waals surface area contributed by atoms with Gasteiger partial charge in [0.1, 0.15) is 6.26 Å². The maximum Gasteiger partial charge on any atom is 0.264 e. The fourth-order valence-electron chi connectivity index (χ4n) is 4.23. The van der Waals surface area contributed by atoms with Crippen LogP contribution in [-0.2, 0) is 16.6 Å². The van der Waals surface area contributed by atoms with Crippen molar-refractivity contribution >= 4 is 22.1 Å². The van der Waals surface area contributed by atoms with Crippen LogP contribution < -0.4 is 10.0 Å². The fraction of sp³-hybridized carbons (Fsp3) is 0.222. The third-order valence-electron chi connectivity index (χ3n) is 6.32. The summed E-state index contributed by atoms with van der Waals surface area (Å²) in [5.41, 5.74) is 5.22. The molecule has 1 atom stereocenters. The normalized spacial score (nSPS) is 15.5. The summed E-state index contributed by atoms with van der Waals surface area (Å²) in [6.07, 6.45) is 6.66. The molecule has 11 heteroatoms. The Balaban J connectivity index is 1.54. The summed E-state index contributed by atoms with van der Waals surface area (Å²) in [5, 5.41) is 7.30. The first-order chi connectivity index (χ1) is 18.2. The summed E-state index contributed by atoms with van der Waals surface area (Å²) in [6.45, 7) is 5.90. The number of benzene rings is 2. The van der Waals surface area contributed by atoms with Gasteiger partial charge in [0.15, 0.2) is 6.29 Å². The third kappa shape index (κ3) is 5.11. The summed E-state index contributed by atoms with van der Waals surface area (Å²) in [4.78, 5) is 10.9. The van der Waals surface area contributed by atoms with Crippen molar-refractivity contribution in [3.8, 4) is 22.6 Å². The van der Waals surface area contributed by atoms with Gasteiger partial charge in [0.05, 0.1) is 16.8 Å². The molecule has 3 heterocycles. The Morgan fingerprint density at radius 1 is 1.08 bits per heavy atom. The number of allylic oxidation sites excluding steroid dienone is 1. The minimum absolute atomic E-state index is 0.0972. The smallest absolute Gasteiger partial charge is 0.264 e. The van der Waals surface area contributed by atoms with E-state index in [1.807, 2.05) is 55.6 Å². The fourth-order valence-corrected chi connectivity index (χ4v) is 5.50. The molecule has 38 heavy (non-hydrogen) atoms. The molecule has 0 radical (unpaired) electrons. The van der Waals surface area contributed by atoms with Gasteiger partial charge in [0, 0.05) is 42.7 Å². The number of aromatic nitrogens is 2. The zero-order chi connectivity index (χ0) is 26.9. The second kappa shape index (κ2) is 10.3. The Hall–Kier alpha value is -4.22. The molecular formula is C27H28N6O4S. The van der Waals surface area contributed by atoms with E-state index in [1.54, 1.807) is 38.2 Å². The predicted octanol–water partition coefficient (Wildman–Crippen LogP) is 4.71. The van der Waals surface area contributed by atoms with Gasteiger partial charge in [0.2, 0.25) is 11.8 Å². The first-order valence-corrected chi connectivity index (χ1v) is 13.5. The molecule has 1 unspecified atom stereocenters. The molecule has 0 saturated carbocycles. The molecule has 2 aromatic heterocycles.